The molecule has 0 saturated carbocycles. The summed E-state index contributed by atoms with van der Waals surface area (Å²) in [7, 11) is -0.284. The summed E-state index contributed by atoms with van der Waals surface area (Å²) in [6, 6.07) is 4.77. The van der Waals surface area contributed by atoms with Gasteiger partial charge in [0, 0.05) is 6.07 Å². The van der Waals surface area contributed by atoms with Gasteiger partial charge in [-0.3, -0.25) is 0 Å². The molecule has 5 heteroatoms. The lowest BCUT2D eigenvalue weighted by molar-refractivity contribution is 0.354. The summed E-state index contributed by atoms with van der Waals surface area (Å²) < 4.78 is 35.6. The first-order valence-electron chi connectivity index (χ1n) is 6.97. The summed E-state index contributed by atoms with van der Waals surface area (Å²) in [5, 5.41) is -0.333. The first-order chi connectivity index (χ1) is 9.51. The van der Waals surface area contributed by atoms with Gasteiger partial charge in [0.25, 0.3) is 0 Å². The number of benzene rings is 1. The number of hydrogen-bond acceptors (Lipinski definition) is 4. The summed E-state index contributed by atoms with van der Waals surface area (Å²) in [5.74, 6) is 0.979. The van der Waals surface area contributed by atoms with Gasteiger partial charge in [-0.1, -0.05) is 26.7 Å². The summed E-state index contributed by atoms with van der Waals surface area (Å²) in [6.07, 6.45) is 3.24. The second kappa shape index (κ2) is 7.53. The van der Waals surface area contributed by atoms with Crippen molar-refractivity contribution >= 4 is 9.84 Å². The fourth-order valence-electron chi connectivity index (χ4n) is 2.20. The second-order valence-corrected chi connectivity index (χ2v) is 6.96. The van der Waals surface area contributed by atoms with Gasteiger partial charge in [-0.05, 0) is 25.0 Å². The zero-order valence-corrected chi connectivity index (χ0v) is 13.5. The number of hydrogen-bond donors (Lipinski definition) is 0. The quantitative estimate of drug-likeness (QED) is 0.738. The zero-order chi connectivity index (χ0) is 15.2. The van der Waals surface area contributed by atoms with Gasteiger partial charge in [0.2, 0.25) is 0 Å². The smallest absolute Gasteiger partial charge is 0.181 e. The fraction of sp³-hybridized carbons (Fsp3) is 0.600. The molecule has 1 aromatic rings. The average Bonchev–Trinajstić information content (AvgIpc) is 2.46. The Kier molecular flexibility index (Phi) is 6.33. The van der Waals surface area contributed by atoms with Gasteiger partial charge in [0.15, 0.2) is 21.3 Å². The SMILES string of the molecule is CCCCC(CC)S(=O)(=O)c1ccc(OC)c(OC)c1. The van der Waals surface area contributed by atoms with E-state index in [1.807, 2.05) is 6.92 Å². The maximum atomic E-state index is 12.6. The molecule has 114 valence electrons. The first kappa shape index (κ1) is 16.8. The van der Waals surface area contributed by atoms with E-state index in [0.29, 0.717) is 29.2 Å². The van der Waals surface area contributed by atoms with Crippen molar-refractivity contribution in [2.75, 3.05) is 14.2 Å². The van der Waals surface area contributed by atoms with Gasteiger partial charge in [-0.15, -0.1) is 0 Å². The van der Waals surface area contributed by atoms with Gasteiger partial charge in [0.1, 0.15) is 0 Å². The van der Waals surface area contributed by atoms with Crippen LogP contribution in [0.4, 0.5) is 0 Å². The van der Waals surface area contributed by atoms with E-state index < -0.39 is 9.84 Å². The highest BCUT2D eigenvalue weighted by molar-refractivity contribution is 7.92. The molecule has 1 atom stereocenters. The number of ether oxygens (including phenoxy) is 2. The topological polar surface area (TPSA) is 52.6 Å². The Hall–Kier alpha value is -1.23. The van der Waals surface area contributed by atoms with Crippen molar-refractivity contribution in [2.45, 2.75) is 49.7 Å². The van der Waals surface area contributed by atoms with E-state index in [0.717, 1.165) is 12.8 Å². The van der Waals surface area contributed by atoms with Crippen LogP contribution in [0.3, 0.4) is 0 Å². The summed E-state index contributed by atoms with van der Waals surface area (Å²) in [5.41, 5.74) is 0. The highest BCUT2D eigenvalue weighted by Crippen LogP contribution is 2.32. The lowest BCUT2D eigenvalue weighted by atomic mass is 10.2. The molecule has 20 heavy (non-hydrogen) atoms. The van der Waals surface area contributed by atoms with Crippen molar-refractivity contribution in [3.05, 3.63) is 18.2 Å². The average molecular weight is 300 g/mol. The molecule has 0 aromatic heterocycles. The zero-order valence-electron chi connectivity index (χ0n) is 12.7. The second-order valence-electron chi connectivity index (χ2n) is 4.73. The van der Waals surface area contributed by atoms with E-state index >= 15 is 0 Å². The van der Waals surface area contributed by atoms with E-state index in [-0.39, 0.29) is 5.25 Å². The number of sulfone groups is 1. The minimum absolute atomic E-state index is 0.304. The predicted molar refractivity (Wildman–Crippen MR) is 80.3 cm³/mol. The molecular weight excluding hydrogens is 276 g/mol. The van der Waals surface area contributed by atoms with E-state index in [2.05, 4.69) is 6.92 Å². The molecule has 0 aliphatic carbocycles. The Balaban J connectivity index is 3.13. The van der Waals surface area contributed by atoms with E-state index in [4.69, 9.17) is 9.47 Å². The van der Waals surface area contributed by atoms with Crippen LogP contribution in [0.15, 0.2) is 23.1 Å². The molecule has 0 aliphatic heterocycles. The molecule has 1 aromatic carbocycles. The molecule has 0 saturated heterocycles. The lowest BCUT2D eigenvalue weighted by Gasteiger charge is -2.17. The van der Waals surface area contributed by atoms with Crippen molar-refractivity contribution < 1.29 is 17.9 Å². The summed E-state index contributed by atoms with van der Waals surface area (Å²) in [4.78, 5) is 0.304. The van der Waals surface area contributed by atoms with Gasteiger partial charge in [0.05, 0.1) is 24.4 Å². The molecule has 0 radical (unpaired) electrons. The van der Waals surface area contributed by atoms with Crippen molar-refractivity contribution in [3.8, 4) is 11.5 Å². The summed E-state index contributed by atoms with van der Waals surface area (Å²) in [6.45, 7) is 3.98. The third kappa shape index (κ3) is 3.66. The molecular formula is C15H24O4S. The van der Waals surface area contributed by atoms with Crippen LogP contribution in [-0.4, -0.2) is 27.9 Å². The van der Waals surface area contributed by atoms with Crippen molar-refractivity contribution in [1.82, 2.24) is 0 Å². The molecule has 0 amide bonds. The van der Waals surface area contributed by atoms with Crippen LogP contribution < -0.4 is 9.47 Å². The molecule has 1 unspecified atom stereocenters. The molecule has 0 fully saturated rings. The van der Waals surface area contributed by atoms with Crippen LogP contribution in [0, 0.1) is 0 Å². The molecule has 1 rings (SSSR count). The van der Waals surface area contributed by atoms with Crippen LogP contribution >= 0.6 is 0 Å². The van der Waals surface area contributed by atoms with Gasteiger partial charge in [-0.25, -0.2) is 8.42 Å². The third-order valence-electron chi connectivity index (χ3n) is 3.46. The fourth-order valence-corrected chi connectivity index (χ4v) is 4.03. The van der Waals surface area contributed by atoms with Gasteiger partial charge in [-0.2, -0.15) is 0 Å². The number of unbranched alkanes of at least 4 members (excludes halogenated alkanes) is 1. The standard InChI is InChI=1S/C15H24O4S/c1-5-7-8-12(6-2)20(16,17)13-9-10-14(18-3)15(11-13)19-4/h9-12H,5-8H2,1-4H3. The van der Waals surface area contributed by atoms with Crippen LogP contribution in [0.2, 0.25) is 0 Å². The number of rotatable bonds is 8. The highest BCUT2D eigenvalue weighted by atomic mass is 32.2. The van der Waals surface area contributed by atoms with E-state index in [9.17, 15) is 8.42 Å². The first-order valence-corrected chi connectivity index (χ1v) is 8.51. The van der Waals surface area contributed by atoms with Gasteiger partial charge < -0.3 is 9.47 Å². The highest BCUT2D eigenvalue weighted by Gasteiger charge is 2.26. The molecule has 0 spiro atoms. The Bertz CT molecular complexity index is 523. The number of methoxy groups -OCH3 is 2. The predicted octanol–water partition coefficient (Wildman–Crippen LogP) is 3.45. The van der Waals surface area contributed by atoms with Crippen LogP contribution in [0.1, 0.15) is 39.5 Å². The Morgan fingerprint density at radius 1 is 1.10 bits per heavy atom. The Morgan fingerprint density at radius 3 is 2.25 bits per heavy atom. The molecule has 0 heterocycles. The molecule has 4 nitrogen and oxygen atoms in total. The monoisotopic (exact) mass is 300 g/mol. The summed E-state index contributed by atoms with van der Waals surface area (Å²) >= 11 is 0. The normalized spacial score (nSPS) is 13.0. The molecule has 0 aliphatic rings. The van der Waals surface area contributed by atoms with E-state index in [1.165, 1.54) is 14.2 Å². The minimum atomic E-state index is -3.32. The maximum Gasteiger partial charge on any atom is 0.181 e. The van der Waals surface area contributed by atoms with Crippen molar-refractivity contribution in [2.24, 2.45) is 0 Å². The lowest BCUT2D eigenvalue weighted by Crippen LogP contribution is -2.20. The third-order valence-corrected chi connectivity index (χ3v) is 5.82. The van der Waals surface area contributed by atoms with Crippen LogP contribution in [-0.2, 0) is 9.84 Å². The largest absolute Gasteiger partial charge is 0.493 e. The van der Waals surface area contributed by atoms with Gasteiger partial charge >= 0.3 is 0 Å². The van der Waals surface area contributed by atoms with E-state index in [1.54, 1.807) is 18.2 Å². The Labute approximate surface area is 122 Å². The van der Waals surface area contributed by atoms with Crippen molar-refractivity contribution in [1.29, 1.82) is 0 Å². The minimum Gasteiger partial charge on any atom is -0.493 e. The molecule has 0 N–H and O–H groups in total. The van der Waals surface area contributed by atoms with Crippen LogP contribution in [0.5, 0.6) is 11.5 Å². The van der Waals surface area contributed by atoms with Crippen LogP contribution in [0.25, 0.3) is 0 Å². The molecule has 0 bridgehead atoms. The Morgan fingerprint density at radius 2 is 1.75 bits per heavy atom. The van der Waals surface area contributed by atoms with Crippen molar-refractivity contribution in [3.63, 3.8) is 0 Å². The maximum absolute atomic E-state index is 12.6.